The third-order valence-electron chi connectivity index (χ3n) is 7.78. The van der Waals surface area contributed by atoms with Crippen LogP contribution in [0, 0.1) is 5.41 Å². The topological polar surface area (TPSA) is 75.9 Å². The molecule has 0 saturated carbocycles. The van der Waals surface area contributed by atoms with Gasteiger partial charge in [0.05, 0.1) is 49.9 Å². The van der Waals surface area contributed by atoms with Gasteiger partial charge >= 0.3 is 0 Å². The van der Waals surface area contributed by atoms with Crippen LogP contribution in [0.5, 0.6) is 0 Å². The largest absolute Gasteiger partial charge is 0.355 e. The number of piperidine rings is 1. The number of nitrogens with zero attached hydrogens (tertiary/aromatic N) is 5. The lowest BCUT2D eigenvalue weighted by molar-refractivity contribution is 0.177. The Hall–Kier alpha value is -2.52. The van der Waals surface area contributed by atoms with Crippen LogP contribution in [0.4, 0.5) is 5.82 Å². The molecule has 3 heterocycles. The Kier molecular flexibility index (Phi) is 6.50. The normalized spacial score (nSPS) is 19.7. The maximum absolute atomic E-state index is 13.2. The molecule has 6 rings (SSSR count). The summed E-state index contributed by atoms with van der Waals surface area (Å²) in [5, 5.41) is 5.55. The summed E-state index contributed by atoms with van der Waals surface area (Å²) in [6, 6.07) is 14.1. The molecular formula is C28H30Cl2N6OS. The van der Waals surface area contributed by atoms with E-state index in [0.29, 0.717) is 26.9 Å². The lowest BCUT2D eigenvalue weighted by Crippen LogP contribution is -2.48. The summed E-state index contributed by atoms with van der Waals surface area (Å²) < 4.78 is 18.0. The molecule has 0 bridgehead atoms. The summed E-state index contributed by atoms with van der Waals surface area (Å²) in [5.41, 5.74) is 4.60. The highest BCUT2D eigenvalue weighted by atomic mass is 35.5. The monoisotopic (exact) mass is 568 g/mol. The summed E-state index contributed by atoms with van der Waals surface area (Å²) in [5.74, 6) is 0.813. The molecule has 7 nitrogen and oxygen atoms in total. The number of fused-ring (bicyclic) bond motifs is 2. The highest BCUT2D eigenvalue weighted by molar-refractivity contribution is 7.84. The van der Waals surface area contributed by atoms with Crippen LogP contribution in [0.15, 0.2) is 54.9 Å². The Morgan fingerprint density at radius 1 is 1.08 bits per heavy atom. The molecule has 1 unspecified atom stereocenters. The van der Waals surface area contributed by atoms with Gasteiger partial charge in [-0.3, -0.25) is 0 Å². The van der Waals surface area contributed by atoms with E-state index < -0.39 is 11.0 Å². The van der Waals surface area contributed by atoms with Gasteiger partial charge in [0.2, 0.25) is 5.65 Å². The van der Waals surface area contributed by atoms with E-state index in [-0.39, 0.29) is 16.2 Å². The van der Waals surface area contributed by atoms with Crippen LogP contribution in [0.25, 0.3) is 16.9 Å². The van der Waals surface area contributed by atoms with Crippen LogP contribution in [-0.2, 0) is 17.4 Å². The third-order valence-corrected chi connectivity index (χ3v) is 10.2. The Balaban J connectivity index is 1.24. The van der Waals surface area contributed by atoms with Gasteiger partial charge in [-0.05, 0) is 68.7 Å². The molecule has 2 aromatic carbocycles. The molecule has 198 valence electrons. The second-order valence-electron chi connectivity index (χ2n) is 11.2. The summed E-state index contributed by atoms with van der Waals surface area (Å²) in [6.45, 7) is 7.73. The van der Waals surface area contributed by atoms with Crippen molar-refractivity contribution in [3.8, 4) is 5.69 Å². The molecule has 1 N–H and O–H groups in total. The molecule has 0 radical (unpaired) electrons. The molecule has 2 atom stereocenters. The number of halogens is 2. The van der Waals surface area contributed by atoms with Gasteiger partial charge < -0.3 is 4.90 Å². The molecule has 1 aliphatic heterocycles. The van der Waals surface area contributed by atoms with Gasteiger partial charge in [0, 0.05) is 13.1 Å². The summed E-state index contributed by atoms with van der Waals surface area (Å²) in [7, 11) is -1.15. The molecule has 38 heavy (non-hydrogen) atoms. The van der Waals surface area contributed by atoms with E-state index in [0.717, 1.165) is 38.2 Å². The molecule has 2 aliphatic rings. The van der Waals surface area contributed by atoms with Crippen molar-refractivity contribution in [3.63, 3.8) is 0 Å². The van der Waals surface area contributed by atoms with Gasteiger partial charge in [0.1, 0.15) is 11.3 Å². The Bertz CT molecular complexity index is 1540. The predicted molar refractivity (Wildman–Crippen MR) is 154 cm³/mol. The van der Waals surface area contributed by atoms with Crippen LogP contribution in [0.2, 0.25) is 10.0 Å². The van der Waals surface area contributed by atoms with Gasteiger partial charge in [-0.25, -0.2) is 23.6 Å². The molecule has 10 heteroatoms. The van der Waals surface area contributed by atoms with E-state index in [9.17, 15) is 4.21 Å². The van der Waals surface area contributed by atoms with Gasteiger partial charge in [-0.1, -0.05) is 53.5 Å². The molecule has 1 fully saturated rings. The smallest absolute Gasteiger partial charge is 0.202 e. The van der Waals surface area contributed by atoms with Crippen molar-refractivity contribution in [2.75, 3.05) is 18.0 Å². The average Bonchev–Trinajstić information content (AvgIpc) is 3.44. The Morgan fingerprint density at radius 3 is 2.61 bits per heavy atom. The van der Waals surface area contributed by atoms with Crippen LogP contribution >= 0.6 is 23.2 Å². The number of hydrogen-bond donors (Lipinski definition) is 1. The molecule has 1 saturated heterocycles. The standard InChI is InChI=1S/C28H30Cl2N6OS/c1-27(2,3)38(37)34-25-19-8-5-4-7-18(19)15-28(25)11-13-35(14-12-28)23-16-31-21-17-36(33-26(21)32-23)22-10-6-9-20(29)24(22)30/h4-10,16-17,25,34H,11-15H2,1-3H3/t25-,38?/m1/s1. The fourth-order valence-electron chi connectivity index (χ4n) is 5.64. The SMILES string of the molecule is CC(C)(C)S(=O)N[C@@H]1c2ccccc2CC12CCN(c1cnc3cn(-c4cccc(Cl)c4Cl)nc3n1)CC2. The lowest BCUT2D eigenvalue weighted by atomic mass is 9.73. The Morgan fingerprint density at radius 2 is 1.84 bits per heavy atom. The van der Waals surface area contributed by atoms with E-state index in [1.54, 1.807) is 10.7 Å². The first-order chi connectivity index (χ1) is 18.1. The van der Waals surface area contributed by atoms with Gasteiger partial charge in [0.15, 0.2) is 0 Å². The van der Waals surface area contributed by atoms with Crippen molar-refractivity contribution in [2.24, 2.45) is 5.41 Å². The van der Waals surface area contributed by atoms with Crippen molar-refractivity contribution < 1.29 is 4.21 Å². The van der Waals surface area contributed by atoms with Crippen molar-refractivity contribution in [3.05, 3.63) is 76.0 Å². The summed E-state index contributed by atoms with van der Waals surface area (Å²) in [4.78, 5) is 11.8. The molecule has 0 amide bonds. The second kappa shape index (κ2) is 9.59. The van der Waals surface area contributed by atoms with Crippen LogP contribution in [0.3, 0.4) is 0 Å². The highest BCUT2D eigenvalue weighted by Gasteiger charge is 2.48. The number of nitrogens with one attached hydrogen (secondary N) is 1. The van der Waals surface area contributed by atoms with Crippen LogP contribution in [-0.4, -0.2) is 41.8 Å². The molecule has 1 spiro atoms. The molecule has 4 aromatic rings. The minimum Gasteiger partial charge on any atom is -0.355 e. The number of aromatic nitrogens is 4. The average molecular weight is 570 g/mol. The maximum atomic E-state index is 13.2. The highest BCUT2D eigenvalue weighted by Crippen LogP contribution is 2.52. The Labute approximate surface area is 235 Å². The number of benzene rings is 2. The number of anilines is 1. The second-order valence-corrected chi connectivity index (χ2v) is 14.0. The molecule has 1 aliphatic carbocycles. The summed E-state index contributed by atoms with van der Waals surface area (Å²) >= 11 is 12.6. The quantitative estimate of drug-likeness (QED) is 0.324. The van der Waals surface area contributed by atoms with Crippen LogP contribution in [0.1, 0.15) is 50.8 Å². The van der Waals surface area contributed by atoms with E-state index in [1.165, 1.54) is 11.1 Å². The van der Waals surface area contributed by atoms with Crippen molar-refractivity contribution in [2.45, 2.75) is 50.8 Å². The van der Waals surface area contributed by atoms with Gasteiger partial charge in [-0.2, -0.15) is 0 Å². The number of hydrogen-bond acceptors (Lipinski definition) is 5. The fourth-order valence-corrected chi connectivity index (χ4v) is 6.97. The van der Waals surface area contributed by atoms with Gasteiger partial charge in [-0.15, -0.1) is 5.10 Å². The van der Waals surface area contributed by atoms with Gasteiger partial charge in [0.25, 0.3) is 0 Å². The first-order valence-electron chi connectivity index (χ1n) is 12.8. The summed E-state index contributed by atoms with van der Waals surface area (Å²) in [6.07, 6.45) is 6.56. The zero-order valence-corrected chi connectivity index (χ0v) is 23.9. The molecular weight excluding hydrogens is 539 g/mol. The number of rotatable bonds is 4. The predicted octanol–water partition coefficient (Wildman–Crippen LogP) is 6.06. The van der Waals surface area contributed by atoms with Crippen molar-refractivity contribution in [1.82, 2.24) is 24.5 Å². The first-order valence-corrected chi connectivity index (χ1v) is 14.7. The van der Waals surface area contributed by atoms with E-state index in [4.69, 9.17) is 28.2 Å². The van der Waals surface area contributed by atoms with Crippen molar-refractivity contribution in [1.29, 1.82) is 0 Å². The third kappa shape index (κ3) is 4.51. The lowest BCUT2D eigenvalue weighted by Gasteiger charge is -2.44. The molecule has 2 aromatic heterocycles. The van der Waals surface area contributed by atoms with Crippen LogP contribution < -0.4 is 9.62 Å². The minimum atomic E-state index is -1.15. The zero-order valence-electron chi connectivity index (χ0n) is 21.6. The minimum absolute atomic E-state index is 0.0174. The maximum Gasteiger partial charge on any atom is 0.202 e. The van der Waals surface area contributed by atoms with E-state index in [2.05, 4.69) is 44.0 Å². The van der Waals surface area contributed by atoms with E-state index >= 15 is 0 Å². The zero-order chi connectivity index (χ0) is 26.7. The fraction of sp³-hybridized carbons (Fsp3) is 0.393. The first kappa shape index (κ1) is 25.7. The van der Waals surface area contributed by atoms with Crippen molar-refractivity contribution >= 4 is 51.2 Å². The van der Waals surface area contributed by atoms with E-state index in [1.807, 2.05) is 45.3 Å².